The molecule has 0 spiro atoms. The molecule has 1 aliphatic rings. The lowest BCUT2D eigenvalue weighted by atomic mass is 9.74. The molecule has 0 radical (unpaired) electrons. The zero-order valence-electron chi connectivity index (χ0n) is 11.7. The minimum atomic E-state index is 0.0771. The van der Waals surface area contributed by atoms with Crippen molar-refractivity contribution >= 4 is 11.6 Å². The van der Waals surface area contributed by atoms with Gasteiger partial charge in [0.2, 0.25) is 0 Å². The van der Waals surface area contributed by atoms with E-state index in [4.69, 9.17) is 11.6 Å². The fourth-order valence-corrected chi connectivity index (χ4v) is 3.30. The zero-order chi connectivity index (χ0) is 13.7. The summed E-state index contributed by atoms with van der Waals surface area (Å²) in [7, 11) is 0. The first-order valence-corrected chi connectivity index (χ1v) is 7.63. The molecule has 0 heterocycles. The fourth-order valence-electron chi connectivity index (χ4n) is 3.00. The van der Waals surface area contributed by atoms with E-state index in [0.29, 0.717) is 0 Å². The SMILES string of the molecule is C[C@@H](NCC1(CO)CCCCC1)c1ccccc1Cl. The summed E-state index contributed by atoms with van der Waals surface area (Å²) in [6.07, 6.45) is 6.05. The van der Waals surface area contributed by atoms with Crippen LogP contribution in [0.25, 0.3) is 0 Å². The van der Waals surface area contributed by atoms with Crippen LogP contribution in [0, 0.1) is 5.41 Å². The summed E-state index contributed by atoms with van der Waals surface area (Å²) in [6.45, 7) is 3.29. The van der Waals surface area contributed by atoms with E-state index in [1.54, 1.807) is 0 Å². The second-order valence-electron chi connectivity index (χ2n) is 5.84. The third-order valence-corrected chi connectivity index (χ3v) is 4.75. The Kier molecular flexibility index (Phi) is 5.26. The second kappa shape index (κ2) is 6.74. The summed E-state index contributed by atoms with van der Waals surface area (Å²) in [4.78, 5) is 0. The predicted molar refractivity (Wildman–Crippen MR) is 80.5 cm³/mol. The van der Waals surface area contributed by atoms with Crippen LogP contribution in [-0.2, 0) is 0 Å². The number of nitrogens with one attached hydrogen (secondary N) is 1. The number of hydrogen-bond acceptors (Lipinski definition) is 2. The number of rotatable bonds is 5. The van der Waals surface area contributed by atoms with Crippen molar-refractivity contribution < 1.29 is 5.11 Å². The van der Waals surface area contributed by atoms with Crippen molar-refractivity contribution in [2.75, 3.05) is 13.2 Å². The van der Waals surface area contributed by atoms with Crippen molar-refractivity contribution in [2.45, 2.75) is 45.1 Å². The van der Waals surface area contributed by atoms with Crippen molar-refractivity contribution in [3.05, 3.63) is 34.9 Å². The first kappa shape index (κ1) is 14.8. The van der Waals surface area contributed by atoms with Crippen molar-refractivity contribution in [2.24, 2.45) is 5.41 Å². The van der Waals surface area contributed by atoms with Gasteiger partial charge in [-0.1, -0.05) is 49.1 Å². The lowest BCUT2D eigenvalue weighted by molar-refractivity contribution is 0.0789. The van der Waals surface area contributed by atoms with Gasteiger partial charge in [-0.25, -0.2) is 0 Å². The lowest BCUT2D eigenvalue weighted by Crippen LogP contribution is -2.40. The van der Waals surface area contributed by atoms with Gasteiger partial charge in [0, 0.05) is 29.6 Å². The van der Waals surface area contributed by atoms with Crippen LogP contribution in [0.5, 0.6) is 0 Å². The van der Waals surface area contributed by atoms with E-state index in [9.17, 15) is 5.11 Å². The summed E-state index contributed by atoms with van der Waals surface area (Å²) >= 11 is 6.22. The van der Waals surface area contributed by atoms with Gasteiger partial charge in [-0.05, 0) is 31.4 Å². The maximum atomic E-state index is 9.71. The Morgan fingerprint density at radius 3 is 2.58 bits per heavy atom. The highest BCUT2D eigenvalue weighted by molar-refractivity contribution is 6.31. The maximum Gasteiger partial charge on any atom is 0.0499 e. The van der Waals surface area contributed by atoms with Crippen molar-refractivity contribution in [1.29, 1.82) is 0 Å². The van der Waals surface area contributed by atoms with Crippen LogP contribution in [0.1, 0.15) is 50.6 Å². The summed E-state index contributed by atoms with van der Waals surface area (Å²) in [5.41, 5.74) is 1.21. The molecule has 1 fully saturated rings. The Hall–Kier alpha value is -0.570. The molecular formula is C16H24ClNO. The number of benzene rings is 1. The van der Waals surface area contributed by atoms with Gasteiger partial charge in [-0.2, -0.15) is 0 Å². The third-order valence-electron chi connectivity index (χ3n) is 4.40. The summed E-state index contributed by atoms with van der Waals surface area (Å²) in [6, 6.07) is 8.18. The predicted octanol–water partition coefficient (Wildman–Crippen LogP) is 3.93. The molecule has 0 bridgehead atoms. The van der Waals surface area contributed by atoms with Gasteiger partial charge in [0.1, 0.15) is 0 Å². The van der Waals surface area contributed by atoms with Gasteiger partial charge in [0.15, 0.2) is 0 Å². The van der Waals surface area contributed by atoms with E-state index in [0.717, 1.165) is 30.0 Å². The first-order chi connectivity index (χ1) is 9.17. The molecule has 0 saturated heterocycles. The van der Waals surface area contributed by atoms with Gasteiger partial charge < -0.3 is 10.4 Å². The van der Waals surface area contributed by atoms with Crippen molar-refractivity contribution in [3.63, 3.8) is 0 Å². The molecule has 1 atom stereocenters. The summed E-state index contributed by atoms with van der Waals surface area (Å²) in [5.74, 6) is 0. The molecule has 1 aromatic rings. The van der Waals surface area contributed by atoms with E-state index in [1.807, 2.05) is 18.2 Å². The standard InChI is InChI=1S/C16H24ClNO/c1-13(14-7-3-4-8-15(14)17)18-11-16(12-19)9-5-2-6-10-16/h3-4,7-8,13,18-19H,2,5-6,9-12H2,1H3/t13-/m1/s1. The largest absolute Gasteiger partial charge is 0.396 e. The van der Waals surface area contributed by atoms with E-state index in [2.05, 4.69) is 18.3 Å². The monoisotopic (exact) mass is 281 g/mol. The molecule has 0 amide bonds. The summed E-state index contributed by atoms with van der Waals surface area (Å²) in [5, 5.41) is 14.1. The van der Waals surface area contributed by atoms with Gasteiger partial charge in [0.05, 0.1) is 0 Å². The molecule has 0 aromatic heterocycles. The quantitative estimate of drug-likeness (QED) is 0.857. The van der Waals surface area contributed by atoms with Crippen molar-refractivity contribution in [3.8, 4) is 0 Å². The van der Waals surface area contributed by atoms with Crippen LogP contribution in [0.15, 0.2) is 24.3 Å². The molecule has 19 heavy (non-hydrogen) atoms. The molecule has 3 heteroatoms. The van der Waals surface area contributed by atoms with Gasteiger partial charge in [-0.15, -0.1) is 0 Å². The molecule has 2 nitrogen and oxygen atoms in total. The highest BCUT2D eigenvalue weighted by atomic mass is 35.5. The van der Waals surface area contributed by atoms with Gasteiger partial charge in [0.25, 0.3) is 0 Å². The Balaban J connectivity index is 1.95. The minimum absolute atomic E-state index is 0.0771. The van der Waals surface area contributed by atoms with Crippen LogP contribution < -0.4 is 5.32 Å². The Labute approximate surface area is 121 Å². The number of halogens is 1. The lowest BCUT2D eigenvalue weighted by Gasteiger charge is -2.36. The smallest absolute Gasteiger partial charge is 0.0499 e. The zero-order valence-corrected chi connectivity index (χ0v) is 12.4. The fraction of sp³-hybridized carbons (Fsp3) is 0.625. The molecule has 0 aliphatic heterocycles. The highest BCUT2D eigenvalue weighted by Gasteiger charge is 2.31. The molecule has 1 aromatic carbocycles. The normalized spacial score (nSPS) is 20.2. The van der Waals surface area contributed by atoms with Gasteiger partial charge in [-0.3, -0.25) is 0 Å². The van der Waals surface area contributed by atoms with Crippen LogP contribution in [0.3, 0.4) is 0 Å². The molecule has 2 rings (SSSR count). The van der Waals surface area contributed by atoms with Crippen LogP contribution >= 0.6 is 11.6 Å². The average molecular weight is 282 g/mol. The van der Waals surface area contributed by atoms with Crippen molar-refractivity contribution in [1.82, 2.24) is 5.32 Å². The van der Waals surface area contributed by atoms with Crippen LogP contribution in [0.2, 0.25) is 5.02 Å². The van der Waals surface area contributed by atoms with Crippen LogP contribution in [-0.4, -0.2) is 18.3 Å². The minimum Gasteiger partial charge on any atom is -0.396 e. The average Bonchev–Trinajstić information content (AvgIpc) is 2.46. The Bertz CT molecular complexity index is 401. The maximum absolute atomic E-state index is 9.71. The summed E-state index contributed by atoms with van der Waals surface area (Å²) < 4.78 is 0. The van der Waals surface area contributed by atoms with E-state index in [1.165, 1.54) is 19.3 Å². The highest BCUT2D eigenvalue weighted by Crippen LogP contribution is 2.36. The number of aliphatic hydroxyl groups is 1. The molecule has 1 saturated carbocycles. The second-order valence-corrected chi connectivity index (χ2v) is 6.25. The number of hydrogen-bond donors (Lipinski definition) is 2. The van der Waals surface area contributed by atoms with E-state index in [-0.39, 0.29) is 18.1 Å². The topological polar surface area (TPSA) is 32.3 Å². The van der Waals surface area contributed by atoms with Gasteiger partial charge >= 0.3 is 0 Å². The Morgan fingerprint density at radius 2 is 1.95 bits per heavy atom. The molecule has 0 unspecified atom stereocenters. The first-order valence-electron chi connectivity index (χ1n) is 7.26. The molecule has 106 valence electrons. The molecule has 2 N–H and O–H groups in total. The van der Waals surface area contributed by atoms with Crippen LogP contribution in [0.4, 0.5) is 0 Å². The third kappa shape index (κ3) is 3.71. The molecular weight excluding hydrogens is 258 g/mol. The van der Waals surface area contributed by atoms with E-state index < -0.39 is 0 Å². The number of aliphatic hydroxyl groups excluding tert-OH is 1. The van der Waals surface area contributed by atoms with E-state index >= 15 is 0 Å². The molecule has 1 aliphatic carbocycles. The Morgan fingerprint density at radius 1 is 1.26 bits per heavy atom.